The van der Waals surface area contributed by atoms with Crippen molar-refractivity contribution in [2.24, 2.45) is 0 Å². The summed E-state index contributed by atoms with van der Waals surface area (Å²) in [6.07, 6.45) is 18.1. The largest absolute Gasteiger partial charge is 0.498 e. The summed E-state index contributed by atoms with van der Waals surface area (Å²) in [7, 11) is -0.389. The quantitative estimate of drug-likeness (QED) is 0.283. The van der Waals surface area contributed by atoms with Gasteiger partial charge in [-0.2, -0.15) is 0 Å². The summed E-state index contributed by atoms with van der Waals surface area (Å²) in [6.45, 7) is 14.7. The first-order chi connectivity index (χ1) is 22.8. The number of halogens is 1. The number of nitrogen functional groups attached to an aromatic ring is 2. The molecule has 0 radical (unpaired) electrons. The summed E-state index contributed by atoms with van der Waals surface area (Å²) in [4.78, 5) is 37.9. The number of rotatable bonds is 4. The highest BCUT2D eigenvalue weighted by Gasteiger charge is 2.52. The smallest absolute Gasteiger partial charge is 0.399 e. The van der Waals surface area contributed by atoms with Crippen LogP contribution in [0.4, 0.5) is 23.5 Å². The zero-order valence-electron chi connectivity index (χ0n) is 28.4. The Morgan fingerprint density at radius 3 is 1.59 bits per heavy atom. The number of nitrogens with zero attached hydrogens (tertiary/aromatic N) is 10. The summed E-state index contributed by atoms with van der Waals surface area (Å²) in [5.41, 5.74) is 12.6. The van der Waals surface area contributed by atoms with E-state index in [4.69, 9.17) is 32.4 Å². The van der Waals surface area contributed by atoms with Crippen molar-refractivity contribution >= 4 is 47.7 Å². The van der Waals surface area contributed by atoms with E-state index in [-0.39, 0.29) is 25.7 Å². The van der Waals surface area contributed by atoms with E-state index >= 15 is 0 Å². The van der Waals surface area contributed by atoms with Gasteiger partial charge in [0.05, 0.1) is 41.7 Å². The van der Waals surface area contributed by atoms with E-state index < -0.39 is 0 Å². The highest BCUT2D eigenvalue weighted by atomic mass is 35.5. The fourth-order valence-electron chi connectivity index (χ4n) is 5.52. The van der Waals surface area contributed by atoms with Crippen LogP contribution in [-0.4, -0.2) is 83.4 Å². The van der Waals surface area contributed by atoms with Crippen LogP contribution in [0, 0.1) is 0 Å². The molecule has 3 fully saturated rings. The maximum absolute atomic E-state index is 6.02. The van der Waals surface area contributed by atoms with Crippen LogP contribution in [0.5, 0.6) is 0 Å². The third-order valence-corrected chi connectivity index (χ3v) is 9.20. The van der Waals surface area contributed by atoms with Crippen molar-refractivity contribution in [3.05, 3.63) is 54.7 Å². The highest BCUT2D eigenvalue weighted by Crippen LogP contribution is 2.36. The van der Waals surface area contributed by atoms with Crippen molar-refractivity contribution < 1.29 is 9.31 Å². The summed E-state index contributed by atoms with van der Waals surface area (Å²) in [5, 5.41) is 0.324. The second-order valence-corrected chi connectivity index (χ2v) is 13.5. The normalized spacial score (nSPS) is 20.5. The standard InChI is InChI=1S/C15H24BN3O2.C13H16N6.C4H4ClN3.CH4/c1-11-7-6-8-19(11)13-17-9-12(10-18-13)16-20-14(2,3)15(4,5)21-16;1-9-3-2-4-19(9)13-16-5-10(6-17-13)11-7-15-8-12(14)18-11;5-3-1-7-2-4(6)8-3;/h9-11H,6-8H2,1-5H3;5-9H,2-4H2,1H3,(H2,14,18);1-2H,(H2,6,8);1H4/t11-;9-;;/m00../s1. The van der Waals surface area contributed by atoms with Crippen molar-refractivity contribution in [2.75, 3.05) is 34.4 Å². The molecule has 3 aliphatic rings. The predicted molar refractivity (Wildman–Crippen MR) is 195 cm³/mol. The Morgan fingerprint density at radius 1 is 0.714 bits per heavy atom. The maximum Gasteiger partial charge on any atom is 0.498 e. The number of nitrogens with two attached hydrogens (primary N) is 2. The zero-order valence-corrected chi connectivity index (χ0v) is 29.2. The molecule has 0 unspecified atom stereocenters. The average molecular weight is 691 g/mol. The van der Waals surface area contributed by atoms with E-state index in [9.17, 15) is 0 Å². The Labute approximate surface area is 294 Å². The molecule has 7 rings (SSSR count). The monoisotopic (exact) mass is 690 g/mol. The predicted octanol–water partition coefficient (Wildman–Crippen LogP) is 4.62. The van der Waals surface area contributed by atoms with Gasteiger partial charge in [0.1, 0.15) is 16.8 Å². The molecule has 4 N–H and O–H groups in total. The fourth-order valence-corrected chi connectivity index (χ4v) is 5.67. The minimum Gasteiger partial charge on any atom is -0.399 e. The molecule has 3 aliphatic heterocycles. The van der Waals surface area contributed by atoms with Crippen molar-refractivity contribution in [3.63, 3.8) is 0 Å². The Morgan fingerprint density at radius 2 is 1.18 bits per heavy atom. The molecule has 4 aromatic heterocycles. The van der Waals surface area contributed by atoms with Crippen LogP contribution in [0.3, 0.4) is 0 Å². The summed E-state index contributed by atoms with van der Waals surface area (Å²) >= 11 is 5.39. The Bertz CT molecular complexity index is 1610. The van der Waals surface area contributed by atoms with Gasteiger partial charge in [-0.3, -0.25) is 9.97 Å². The Kier molecular flexibility index (Phi) is 12.3. The first-order valence-electron chi connectivity index (χ1n) is 16.2. The van der Waals surface area contributed by atoms with Gasteiger partial charge in [-0.25, -0.2) is 29.9 Å². The third kappa shape index (κ3) is 9.28. The number of hydrogen-bond acceptors (Lipinski definition) is 14. The van der Waals surface area contributed by atoms with Gasteiger partial charge >= 0.3 is 7.12 Å². The minimum atomic E-state index is -0.389. The van der Waals surface area contributed by atoms with E-state index in [1.54, 1.807) is 18.6 Å². The average Bonchev–Trinajstić information content (AvgIpc) is 3.74. The molecular weight excluding hydrogens is 643 g/mol. The second-order valence-electron chi connectivity index (χ2n) is 13.1. The van der Waals surface area contributed by atoms with Crippen molar-refractivity contribution in [1.82, 2.24) is 39.9 Å². The van der Waals surface area contributed by atoms with Crippen LogP contribution in [-0.2, 0) is 9.31 Å². The van der Waals surface area contributed by atoms with Crippen LogP contribution < -0.4 is 26.7 Å². The summed E-state index contributed by atoms with van der Waals surface area (Å²) < 4.78 is 12.0. The highest BCUT2D eigenvalue weighted by molar-refractivity contribution is 6.61. The van der Waals surface area contributed by atoms with Crippen LogP contribution >= 0.6 is 11.6 Å². The van der Waals surface area contributed by atoms with Gasteiger partial charge in [0.2, 0.25) is 11.9 Å². The lowest BCUT2D eigenvalue weighted by molar-refractivity contribution is 0.00578. The first-order valence-corrected chi connectivity index (χ1v) is 16.5. The molecule has 49 heavy (non-hydrogen) atoms. The SMILES string of the molecule is C.C[C@H]1CCCN1c1ncc(-c2cncc(N)n2)cn1.C[C@H]1CCCN1c1ncc(B2OC(C)(C)C(C)(C)O2)cn1.Nc1cncc(Cl)n1. The Balaban J connectivity index is 0.000000179. The molecule has 262 valence electrons. The van der Waals surface area contributed by atoms with E-state index in [2.05, 4.69) is 63.5 Å². The third-order valence-electron chi connectivity index (χ3n) is 9.01. The number of aromatic nitrogens is 8. The fraction of sp³-hybridized carbons (Fsp3) is 0.515. The minimum absolute atomic E-state index is 0. The molecule has 7 heterocycles. The molecule has 4 aromatic rings. The van der Waals surface area contributed by atoms with Crippen LogP contribution in [0.25, 0.3) is 11.3 Å². The lowest BCUT2D eigenvalue weighted by Gasteiger charge is -2.32. The molecule has 0 spiro atoms. The molecule has 3 saturated heterocycles. The second kappa shape index (κ2) is 16.0. The van der Waals surface area contributed by atoms with Crippen molar-refractivity contribution in [1.29, 1.82) is 0 Å². The molecule has 0 aromatic carbocycles. The molecule has 14 nitrogen and oxygen atoms in total. The van der Waals surface area contributed by atoms with E-state index in [1.165, 1.54) is 44.3 Å². The van der Waals surface area contributed by atoms with Crippen LogP contribution in [0.1, 0.15) is 74.7 Å². The van der Waals surface area contributed by atoms with Gasteiger partial charge in [-0.15, -0.1) is 0 Å². The van der Waals surface area contributed by atoms with Gasteiger partial charge in [0, 0.05) is 61.0 Å². The Hall–Kier alpha value is -4.21. The lowest BCUT2D eigenvalue weighted by atomic mass is 9.81. The number of anilines is 4. The van der Waals surface area contributed by atoms with Crippen molar-refractivity contribution in [2.45, 2.75) is 97.9 Å². The van der Waals surface area contributed by atoms with Gasteiger partial charge in [-0.05, 0) is 67.2 Å². The summed E-state index contributed by atoms with van der Waals surface area (Å²) in [5.74, 6) is 2.33. The number of hydrogen-bond donors (Lipinski definition) is 2. The topological polar surface area (TPSA) is 180 Å². The summed E-state index contributed by atoms with van der Waals surface area (Å²) in [6, 6.07) is 1.03. The molecule has 0 amide bonds. The molecule has 0 aliphatic carbocycles. The van der Waals surface area contributed by atoms with E-state index in [1.807, 2.05) is 40.1 Å². The first kappa shape index (κ1) is 37.6. The van der Waals surface area contributed by atoms with Gasteiger partial charge < -0.3 is 30.6 Å². The van der Waals surface area contributed by atoms with Gasteiger partial charge in [-0.1, -0.05) is 19.0 Å². The van der Waals surface area contributed by atoms with Gasteiger partial charge in [0.15, 0.2) is 0 Å². The zero-order chi connectivity index (χ0) is 34.5. The van der Waals surface area contributed by atoms with E-state index in [0.29, 0.717) is 34.6 Å². The molecular formula is C33H48BClN12O2. The molecule has 0 saturated carbocycles. The van der Waals surface area contributed by atoms with Gasteiger partial charge in [0.25, 0.3) is 0 Å². The van der Waals surface area contributed by atoms with E-state index in [0.717, 1.165) is 36.0 Å². The van der Waals surface area contributed by atoms with Crippen LogP contribution in [0.15, 0.2) is 49.6 Å². The molecule has 2 atom stereocenters. The lowest BCUT2D eigenvalue weighted by Crippen LogP contribution is -2.41. The van der Waals surface area contributed by atoms with Crippen LogP contribution in [0.2, 0.25) is 5.15 Å². The maximum atomic E-state index is 6.02. The molecule has 16 heteroatoms. The van der Waals surface area contributed by atoms with Crippen molar-refractivity contribution in [3.8, 4) is 11.3 Å². The molecule has 0 bridgehead atoms.